The summed E-state index contributed by atoms with van der Waals surface area (Å²) < 4.78 is 1.93. The van der Waals surface area contributed by atoms with Gasteiger partial charge in [0.1, 0.15) is 0 Å². The van der Waals surface area contributed by atoms with Gasteiger partial charge in [0.15, 0.2) is 0 Å². The van der Waals surface area contributed by atoms with E-state index in [0.29, 0.717) is 6.54 Å². The number of benzene rings is 2. The zero-order chi connectivity index (χ0) is 21.8. The van der Waals surface area contributed by atoms with Crippen molar-refractivity contribution in [1.82, 2.24) is 19.6 Å². The van der Waals surface area contributed by atoms with Gasteiger partial charge in [-0.15, -0.1) is 0 Å². The highest BCUT2D eigenvalue weighted by molar-refractivity contribution is 5.82. The second-order valence-corrected chi connectivity index (χ2v) is 8.90. The van der Waals surface area contributed by atoms with Crippen LogP contribution in [0, 0.1) is 5.92 Å². The normalized spacial score (nSPS) is 15.0. The van der Waals surface area contributed by atoms with Crippen LogP contribution in [0.4, 0.5) is 0 Å². The topological polar surface area (TPSA) is 41.4 Å². The lowest BCUT2D eigenvalue weighted by Crippen LogP contribution is -2.51. The third-order valence-electron chi connectivity index (χ3n) is 6.11. The zero-order valence-corrected chi connectivity index (χ0v) is 18.7. The molecular weight excluding hydrogens is 384 g/mol. The van der Waals surface area contributed by atoms with Gasteiger partial charge in [0.25, 0.3) is 0 Å². The van der Waals surface area contributed by atoms with Crippen molar-refractivity contribution in [1.29, 1.82) is 0 Å². The summed E-state index contributed by atoms with van der Waals surface area (Å²) in [4.78, 5) is 17.7. The van der Waals surface area contributed by atoms with Crippen LogP contribution in [0.15, 0.2) is 67.0 Å². The van der Waals surface area contributed by atoms with Crippen LogP contribution in [-0.2, 0) is 30.8 Å². The summed E-state index contributed by atoms with van der Waals surface area (Å²) >= 11 is 0. The number of hydrogen-bond acceptors (Lipinski definition) is 3. The van der Waals surface area contributed by atoms with Crippen LogP contribution >= 0.6 is 0 Å². The van der Waals surface area contributed by atoms with Gasteiger partial charge in [-0.25, -0.2) is 0 Å². The van der Waals surface area contributed by atoms with Gasteiger partial charge in [-0.2, -0.15) is 5.10 Å². The molecule has 1 aromatic heterocycles. The van der Waals surface area contributed by atoms with E-state index in [2.05, 4.69) is 60.2 Å². The summed E-state index contributed by atoms with van der Waals surface area (Å²) in [6, 6.07) is 18.8. The molecule has 0 fully saturated rings. The van der Waals surface area contributed by atoms with E-state index in [1.807, 2.05) is 47.2 Å². The smallest absolute Gasteiger partial charge is 0.240 e. The third-order valence-corrected chi connectivity index (χ3v) is 6.11. The molecule has 1 aliphatic heterocycles. The number of amides is 1. The van der Waals surface area contributed by atoms with Crippen LogP contribution < -0.4 is 0 Å². The molecule has 2 aromatic carbocycles. The molecule has 0 N–H and O–H groups in total. The standard InChI is InChI=1S/C26H32N4O/c1-20(2)25(29-14-13-23-11-7-8-12-24(23)19-29)26(31)28(3)16-22-15-27-30(18-22)17-21-9-5-4-6-10-21/h4-12,15,18,20,25H,13-14,16-17,19H2,1-3H3/t25-/m0/s1. The number of carbonyl (C=O) groups is 1. The predicted octanol–water partition coefficient (Wildman–Crippen LogP) is 3.97. The van der Waals surface area contributed by atoms with Crippen molar-refractivity contribution in [2.75, 3.05) is 13.6 Å². The molecular formula is C26H32N4O. The maximum Gasteiger partial charge on any atom is 0.240 e. The van der Waals surface area contributed by atoms with Crippen molar-refractivity contribution in [3.8, 4) is 0 Å². The van der Waals surface area contributed by atoms with Crippen molar-refractivity contribution in [2.24, 2.45) is 5.92 Å². The average molecular weight is 417 g/mol. The molecule has 0 spiro atoms. The molecule has 162 valence electrons. The van der Waals surface area contributed by atoms with Gasteiger partial charge in [0.05, 0.1) is 18.8 Å². The van der Waals surface area contributed by atoms with Crippen molar-refractivity contribution in [2.45, 2.75) is 45.9 Å². The summed E-state index contributed by atoms with van der Waals surface area (Å²) in [5.74, 6) is 0.436. The lowest BCUT2D eigenvalue weighted by Gasteiger charge is -2.38. The molecule has 0 radical (unpaired) electrons. The maximum atomic E-state index is 13.5. The number of rotatable bonds is 7. The van der Waals surface area contributed by atoms with Crippen LogP contribution in [0.2, 0.25) is 0 Å². The second kappa shape index (κ2) is 9.48. The largest absolute Gasteiger partial charge is 0.340 e. The fraction of sp³-hybridized carbons (Fsp3) is 0.385. The number of carbonyl (C=O) groups excluding carboxylic acids is 1. The van der Waals surface area contributed by atoms with Crippen LogP contribution in [0.3, 0.4) is 0 Å². The molecule has 0 bridgehead atoms. The molecule has 31 heavy (non-hydrogen) atoms. The van der Waals surface area contributed by atoms with Gasteiger partial charge in [-0.05, 0) is 29.0 Å². The van der Waals surface area contributed by atoms with Crippen molar-refractivity contribution in [3.63, 3.8) is 0 Å². The summed E-state index contributed by atoms with van der Waals surface area (Å²) in [6.45, 7) is 7.37. The Labute approximate surface area is 185 Å². The first-order valence-corrected chi connectivity index (χ1v) is 11.1. The molecule has 3 aromatic rings. The minimum Gasteiger partial charge on any atom is -0.340 e. The Balaban J connectivity index is 1.41. The number of hydrogen-bond donors (Lipinski definition) is 0. The van der Waals surface area contributed by atoms with E-state index in [1.165, 1.54) is 16.7 Å². The predicted molar refractivity (Wildman–Crippen MR) is 123 cm³/mol. The number of aromatic nitrogens is 2. The first kappa shape index (κ1) is 21.3. The maximum absolute atomic E-state index is 13.5. The van der Waals surface area contributed by atoms with Crippen molar-refractivity contribution >= 4 is 5.91 Å². The van der Waals surface area contributed by atoms with E-state index >= 15 is 0 Å². The molecule has 4 rings (SSSR count). The fourth-order valence-electron chi connectivity index (χ4n) is 4.54. The van der Waals surface area contributed by atoms with E-state index in [-0.39, 0.29) is 17.9 Å². The molecule has 2 heterocycles. The zero-order valence-electron chi connectivity index (χ0n) is 18.7. The molecule has 0 aliphatic carbocycles. The van der Waals surface area contributed by atoms with Crippen LogP contribution in [0.25, 0.3) is 0 Å². The van der Waals surface area contributed by atoms with Gasteiger partial charge in [-0.1, -0.05) is 68.4 Å². The number of nitrogens with zero attached hydrogens (tertiary/aromatic N) is 4. The summed E-state index contributed by atoms with van der Waals surface area (Å²) in [5.41, 5.74) is 5.02. The highest BCUT2D eigenvalue weighted by Crippen LogP contribution is 2.24. The molecule has 1 amide bonds. The molecule has 1 aliphatic rings. The average Bonchev–Trinajstić information content (AvgIpc) is 3.20. The minimum atomic E-state index is -0.113. The summed E-state index contributed by atoms with van der Waals surface area (Å²) in [6.07, 6.45) is 4.91. The SMILES string of the molecule is CC(C)[C@@H](C(=O)N(C)Cc1cnn(Cc2ccccc2)c1)N1CCc2ccccc2C1. The van der Waals surface area contributed by atoms with Gasteiger partial charge in [0, 0.05) is 38.4 Å². The number of fused-ring (bicyclic) bond motifs is 1. The van der Waals surface area contributed by atoms with Crippen LogP contribution in [0.5, 0.6) is 0 Å². The minimum absolute atomic E-state index is 0.113. The van der Waals surface area contributed by atoms with E-state index in [0.717, 1.165) is 31.6 Å². The Bertz CT molecular complexity index is 1010. The fourth-order valence-corrected chi connectivity index (χ4v) is 4.54. The Morgan fingerprint density at radius 2 is 1.74 bits per heavy atom. The molecule has 5 nitrogen and oxygen atoms in total. The van der Waals surface area contributed by atoms with Gasteiger partial charge < -0.3 is 4.90 Å². The van der Waals surface area contributed by atoms with Gasteiger partial charge >= 0.3 is 0 Å². The lowest BCUT2D eigenvalue weighted by molar-refractivity contribution is -0.138. The first-order valence-electron chi connectivity index (χ1n) is 11.1. The lowest BCUT2D eigenvalue weighted by atomic mass is 9.94. The van der Waals surface area contributed by atoms with Crippen LogP contribution in [-0.4, -0.2) is 45.1 Å². The Morgan fingerprint density at radius 1 is 1.03 bits per heavy atom. The molecule has 1 atom stereocenters. The van der Waals surface area contributed by atoms with Crippen molar-refractivity contribution < 1.29 is 4.79 Å². The Morgan fingerprint density at radius 3 is 2.48 bits per heavy atom. The monoisotopic (exact) mass is 416 g/mol. The Kier molecular flexibility index (Phi) is 6.52. The third kappa shape index (κ3) is 5.05. The van der Waals surface area contributed by atoms with E-state index < -0.39 is 0 Å². The molecule has 5 heteroatoms. The van der Waals surface area contributed by atoms with Gasteiger partial charge in [0.2, 0.25) is 5.91 Å². The quantitative estimate of drug-likeness (QED) is 0.585. The summed E-state index contributed by atoms with van der Waals surface area (Å²) in [5, 5.41) is 4.49. The van der Waals surface area contributed by atoms with Crippen molar-refractivity contribution in [3.05, 3.63) is 89.2 Å². The van der Waals surface area contributed by atoms with E-state index in [4.69, 9.17) is 0 Å². The highest BCUT2D eigenvalue weighted by atomic mass is 16.2. The first-order chi connectivity index (χ1) is 15.0. The molecule has 0 unspecified atom stereocenters. The molecule has 0 saturated heterocycles. The van der Waals surface area contributed by atoms with E-state index in [1.54, 1.807) is 0 Å². The van der Waals surface area contributed by atoms with E-state index in [9.17, 15) is 4.79 Å². The Hall–Kier alpha value is -2.92. The summed E-state index contributed by atoms with van der Waals surface area (Å²) in [7, 11) is 1.91. The number of likely N-dealkylation sites (N-methyl/N-ethyl adjacent to an activating group) is 1. The molecule has 0 saturated carbocycles. The van der Waals surface area contributed by atoms with Crippen LogP contribution in [0.1, 0.15) is 36.1 Å². The highest BCUT2D eigenvalue weighted by Gasteiger charge is 2.33. The second-order valence-electron chi connectivity index (χ2n) is 8.90. The van der Waals surface area contributed by atoms with Gasteiger partial charge in [-0.3, -0.25) is 14.4 Å².